The number of hydrogen-bond acceptors (Lipinski definition) is 5. The van der Waals surface area contributed by atoms with E-state index in [1.165, 1.54) is 6.20 Å². The number of aliphatic hydroxyl groups is 1. The Labute approximate surface area is 133 Å². The van der Waals surface area contributed by atoms with E-state index in [4.69, 9.17) is 16.3 Å². The zero-order valence-corrected chi connectivity index (χ0v) is 12.9. The highest BCUT2D eigenvalue weighted by molar-refractivity contribution is 6.31. The molecule has 0 bridgehead atoms. The maximum absolute atomic E-state index is 11.5. The van der Waals surface area contributed by atoms with Crippen molar-refractivity contribution in [3.63, 3.8) is 0 Å². The zero-order valence-electron chi connectivity index (χ0n) is 12.1. The third kappa shape index (κ3) is 4.19. The summed E-state index contributed by atoms with van der Waals surface area (Å²) in [4.78, 5) is 15.6. The maximum Gasteiger partial charge on any atom is 0.339 e. The molecule has 1 aromatic heterocycles. The number of rotatable bonds is 6. The van der Waals surface area contributed by atoms with Crippen LogP contribution in [0.2, 0.25) is 5.02 Å². The van der Waals surface area contributed by atoms with E-state index in [0.717, 1.165) is 0 Å². The Balaban J connectivity index is 1.94. The lowest BCUT2D eigenvalue weighted by atomic mass is 10.1. The van der Waals surface area contributed by atoms with Crippen LogP contribution in [-0.2, 0) is 4.74 Å². The van der Waals surface area contributed by atoms with Crippen molar-refractivity contribution in [1.82, 2.24) is 4.98 Å². The normalized spacial score (nSPS) is 11.8. The zero-order chi connectivity index (χ0) is 15.9. The van der Waals surface area contributed by atoms with Gasteiger partial charge in [0.2, 0.25) is 0 Å². The molecule has 0 amide bonds. The Morgan fingerprint density at radius 2 is 2.14 bits per heavy atom. The number of carbonyl (C=O) groups excluding carboxylic acids is 1. The summed E-state index contributed by atoms with van der Waals surface area (Å²) in [7, 11) is 0. The summed E-state index contributed by atoms with van der Waals surface area (Å²) in [5.74, 6) is 0.150. The van der Waals surface area contributed by atoms with E-state index in [1.807, 2.05) is 12.1 Å². The van der Waals surface area contributed by atoms with Crippen LogP contribution in [0.3, 0.4) is 0 Å². The predicted molar refractivity (Wildman–Crippen MR) is 85.1 cm³/mol. The first-order valence-electron chi connectivity index (χ1n) is 6.91. The van der Waals surface area contributed by atoms with E-state index in [-0.39, 0.29) is 6.54 Å². The molecule has 0 spiro atoms. The molecule has 2 aromatic rings. The number of halogens is 1. The second kappa shape index (κ2) is 7.77. The first kappa shape index (κ1) is 16.3. The number of aliphatic hydroxyl groups excluding tert-OH is 1. The average molecular weight is 321 g/mol. The molecule has 2 N–H and O–H groups in total. The lowest BCUT2D eigenvalue weighted by molar-refractivity contribution is 0.0526. The molecule has 116 valence electrons. The van der Waals surface area contributed by atoms with Crippen molar-refractivity contribution < 1.29 is 14.6 Å². The molecule has 1 unspecified atom stereocenters. The van der Waals surface area contributed by atoms with E-state index in [0.29, 0.717) is 28.6 Å². The van der Waals surface area contributed by atoms with E-state index in [9.17, 15) is 9.90 Å². The van der Waals surface area contributed by atoms with Crippen LogP contribution in [0.25, 0.3) is 0 Å². The van der Waals surface area contributed by atoms with Crippen molar-refractivity contribution in [2.45, 2.75) is 13.0 Å². The monoisotopic (exact) mass is 320 g/mol. The van der Waals surface area contributed by atoms with Gasteiger partial charge >= 0.3 is 5.97 Å². The number of nitrogens with zero attached hydrogens (tertiary/aromatic N) is 1. The fraction of sp³-hybridized carbons (Fsp3) is 0.250. The second-order valence-corrected chi connectivity index (χ2v) is 4.98. The molecule has 5 nitrogen and oxygen atoms in total. The summed E-state index contributed by atoms with van der Waals surface area (Å²) < 4.78 is 4.88. The highest BCUT2D eigenvalue weighted by atomic mass is 35.5. The molecular weight excluding hydrogens is 304 g/mol. The quantitative estimate of drug-likeness (QED) is 0.800. The summed E-state index contributed by atoms with van der Waals surface area (Å²) >= 11 is 6.03. The van der Waals surface area contributed by atoms with Gasteiger partial charge in [0.15, 0.2) is 0 Å². The van der Waals surface area contributed by atoms with Gasteiger partial charge in [-0.15, -0.1) is 0 Å². The van der Waals surface area contributed by atoms with E-state index in [2.05, 4.69) is 10.3 Å². The Kier molecular flexibility index (Phi) is 5.75. The highest BCUT2D eigenvalue weighted by Gasteiger charge is 2.11. The summed E-state index contributed by atoms with van der Waals surface area (Å²) in [6, 6.07) is 10.4. The van der Waals surface area contributed by atoms with Crippen LogP contribution >= 0.6 is 11.6 Å². The fourth-order valence-electron chi connectivity index (χ4n) is 1.89. The molecule has 0 fully saturated rings. The van der Waals surface area contributed by atoms with Crippen LogP contribution in [0.5, 0.6) is 0 Å². The smallest absolute Gasteiger partial charge is 0.339 e. The Bertz CT molecular complexity index is 632. The van der Waals surface area contributed by atoms with Crippen LogP contribution in [0.1, 0.15) is 28.9 Å². The molecule has 1 aromatic carbocycles. The van der Waals surface area contributed by atoms with Crippen molar-refractivity contribution in [3.05, 3.63) is 58.7 Å². The number of aromatic nitrogens is 1. The van der Waals surface area contributed by atoms with Crippen LogP contribution in [0, 0.1) is 0 Å². The second-order valence-electron chi connectivity index (χ2n) is 4.57. The fourth-order valence-corrected chi connectivity index (χ4v) is 2.15. The molecule has 1 heterocycles. The largest absolute Gasteiger partial charge is 0.462 e. The van der Waals surface area contributed by atoms with E-state index < -0.39 is 12.1 Å². The standard InChI is InChI=1S/C16H17ClN2O3/c1-2-22-16(21)11-7-8-15(18-9-11)19-10-14(20)12-5-3-4-6-13(12)17/h3-9,14,20H,2,10H2,1H3,(H,18,19). The van der Waals surface area contributed by atoms with Gasteiger partial charge in [0.25, 0.3) is 0 Å². The topological polar surface area (TPSA) is 71.5 Å². The third-order valence-electron chi connectivity index (χ3n) is 3.02. The Hall–Kier alpha value is -2.11. The molecule has 0 saturated heterocycles. The maximum atomic E-state index is 11.5. The van der Waals surface area contributed by atoms with Crippen LogP contribution in [0.4, 0.5) is 5.82 Å². The molecule has 0 saturated carbocycles. The lowest BCUT2D eigenvalue weighted by Crippen LogP contribution is -2.13. The van der Waals surface area contributed by atoms with Crippen molar-refractivity contribution in [3.8, 4) is 0 Å². The molecule has 0 aliphatic heterocycles. The number of ether oxygens (including phenoxy) is 1. The average Bonchev–Trinajstić information content (AvgIpc) is 2.54. The highest BCUT2D eigenvalue weighted by Crippen LogP contribution is 2.22. The minimum absolute atomic E-state index is 0.259. The van der Waals surface area contributed by atoms with Gasteiger partial charge in [-0.1, -0.05) is 29.8 Å². The van der Waals surface area contributed by atoms with Gasteiger partial charge < -0.3 is 15.2 Å². The molecule has 0 aliphatic carbocycles. The number of pyridine rings is 1. The molecule has 2 rings (SSSR count). The van der Waals surface area contributed by atoms with Gasteiger partial charge in [-0.25, -0.2) is 9.78 Å². The summed E-state index contributed by atoms with van der Waals surface area (Å²) in [6.07, 6.45) is 0.683. The van der Waals surface area contributed by atoms with Gasteiger partial charge in [-0.2, -0.15) is 0 Å². The Morgan fingerprint density at radius 1 is 1.36 bits per heavy atom. The molecule has 0 radical (unpaired) electrons. The summed E-state index contributed by atoms with van der Waals surface area (Å²) in [5, 5.41) is 13.6. The molecular formula is C16H17ClN2O3. The number of benzene rings is 1. The lowest BCUT2D eigenvalue weighted by Gasteiger charge is -2.14. The van der Waals surface area contributed by atoms with Gasteiger partial charge in [-0.05, 0) is 25.1 Å². The Morgan fingerprint density at radius 3 is 2.77 bits per heavy atom. The number of nitrogens with one attached hydrogen (secondary N) is 1. The first-order valence-corrected chi connectivity index (χ1v) is 7.29. The van der Waals surface area contributed by atoms with E-state index >= 15 is 0 Å². The molecule has 0 aliphatic rings. The minimum atomic E-state index is -0.750. The van der Waals surface area contributed by atoms with Crippen LogP contribution < -0.4 is 5.32 Å². The summed E-state index contributed by atoms with van der Waals surface area (Å²) in [6.45, 7) is 2.33. The van der Waals surface area contributed by atoms with Crippen molar-refractivity contribution in [2.24, 2.45) is 0 Å². The third-order valence-corrected chi connectivity index (χ3v) is 3.36. The van der Waals surface area contributed by atoms with Crippen LogP contribution in [-0.4, -0.2) is 29.2 Å². The van der Waals surface area contributed by atoms with Crippen molar-refractivity contribution >= 4 is 23.4 Å². The number of anilines is 1. The van der Waals surface area contributed by atoms with Crippen molar-refractivity contribution in [1.29, 1.82) is 0 Å². The molecule has 22 heavy (non-hydrogen) atoms. The number of esters is 1. The SMILES string of the molecule is CCOC(=O)c1ccc(NCC(O)c2ccccc2Cl)nc1. The number of hydrogen-bond donors (Lipinski definition) is 2. The molecule has 1 atom stereocenters. The minimum Gasteiger partial charge on any atom is -0.462 e. The van der Waals surface area contributed by atoms with Crippen molar-refractivity contribution in [2.75, 3.05) is 18.5 Å². The van der Waals surface area contributed by atoms with Gasteiger partial charge in [0.1, 0.15) is 5.82 Å². The number of carbonyl (C=O) groups is 1. The van der Waals surface area contributed by atoms with Gasteiger partial charge in [0, 0.05) is 23.3 Å². The predicted octanol–water partition coefficient (Wildman–Crippen LogP) is 3.06. The van der Waals surface area contributed by atoms with Gasteiger partial charge in [-0.3, -0.25) is 0 Å². The first-order chi connectivity index (χ1) is 10.6. The summed E-state index contributed by atoms with van der Waals surface area (Å²) in [5.41, 5.74) is 1.04. The van der Waals surface area contributed by atoms with Crippen LogP contribution in [0.15, 0.2) is 42.6 Å². The van der Waals surface area contributed by atoms with E-state index in [1.54, 1.807) is 31.2 Å². The van der Waals surface area contributed by atoms with Gasteiger partial charge in [0.05, 0.1) is 18.3 Å². The molecule has 6 heteroatoms.